The van der Waals surface area contributed by atoms with E-state index in [1.165, 1.54) is 16.1 Å². The van der Waals surface area contributed by atoms with Gasteiger partial charge in [-0.05, 0) is 74.4 Å². The highest BCUT2D eigenvalue weighted by molar-refractivity contribution is 7.92. The molecule has 1 aliphatic carbocycles. The number of carbonyl (C=O) groups is 1. The maximum Gasteiger partial charge on any atom is 0.253 e. The van der Waals surface area contributed by atoms with E-state index in [0.717, 1.165) is 48.2 Å². The van der Waals surface area contributed by atoms with Gasteiger partial charge in [-0.15, -0.1) is 0 Å². The lowest BCUT2D eigenvalue weighted by molar-refractivity contribution is -0.125. The van der Waals surface area contributed by atoms with Crippen LogP contribution in [0.5, 0.6) is 5.75 Å². The Hall–Kier alpha value is -2.27. The van der Waals surface area contributed by atoms with Crippen molar-refractivity contribution in [2.75, 3.05) is 26.3 Å². The van der Waals surface area contributed by atoms with E-state index in [2.05, 4.69) is 5.32 Å². The van der Waals surface area contributed by atoms with Gasteiger partial charge in [0.05, 0.1) is 6.61 Å². The standard InChI is InChI=1S/C26H37N3O6S/c1-18-14-22(35-17-21(31)16-30)15-19(2)23(18)8-13-36(33,34)29-11-9-26(10-12-29)25(32)27-24(28-26)20-6-4-3-5-7-20/h8,13-15,20-21,30-31H,3-7,9-12,16-17H2,1-2H3,(H,27,28,32)/t21-/m1/s1. The van der Waals surface area contributed by atoms with Crippen molar-refractivity contribution in [3.63, 3.8) is 0 Å². The van der Waals surface area contributed by atoms with Gasteiger partial charge in [0, 0.05) is 24.4 Å². The number of amidine groups is 1. The van der Waals surface area contributed by atoms with Crippen LogP contribution in [0.3, 0.4) is 0 Å². The average molecular weight is 520 g/mol. The lowest BCUT2D eigenvalue weighted by atomic mass is 9.88. The molecule has 4 rings (SSSR count). The van der Waals surface area contributed by atoms with Crippen LogP contribution in [-0.4, -0.2) is 72.6 Å². The molecule has 0 unspecified atom stereocenters. The number of hydrogen-bond acceptors (Lipinski definition) is 7. The van der Waals surface area contributed by atoms with E-state index in [1.807, 2.05) is 13.8 Å². The van der Waals surface area contributed by atoms with Crippen LogP contribution >= 0.6 is 0 Å². The predicted octanol–water partition coefficient (Wildman–Crippen LogP) is 2.28. The SMILES string of the molecule is Cc1cc(OC[C@H](O)CO)cc(C)c1C=CS(=O)(=O)N1CCC2(CC1)N=C(C1CCCCC1)NC2=O. The van der Waals surface area contributed by atoms with Crippen molar-refractivity contribution >= 4 is 27.8 Å². The number of hydrogen-bond donors (Lipinski definition) is 3. The lowest BCUT2D eigenvalue weighted by Gasteiger charge is -2.34. The second kappa shape index (κ2) is 11.0. The normalized spacial score (nSPS) is 22.1. The molecule has 1 amide bonds. The number of piperidine rings is 1. The summed E-state index contributed by atoms with van der Waals surface area (Å²) in [6.45, 7) is 3.81. The van der Waals surface area contributed by atoms with Crippen LogP contribution in [0.15, 0.2) is 22.5 Å². The van der Waals surface area contributed by atoms with Gasteiger partial charge in [0.15, 0.2) is 0 Å². The highest BCUT2D eigenvalue weighted by Gasteiger charge is 2.48. The third kappa shape index (κ3) is 5.82. The largest absolute Gasteiger partial charge is 0.491 e. The summed E-state index contributed by atoms with van der Waals surface area (Å²) >= 11 is 0. The molecule has 10 heteroatoms. The number of aliphatic hydroxyl groups excluding tert-OH is 2. The minimum atomic E-state index is -3.67. The molecule has 2 aliphatic heterocycles. The first-order valence-electron chi connectivity index (χ1n) is 12.8. The number of nitrogens with one attached hydrogen (secondary N) is 1. The van der Waals surface area contributed by atoms with Crippen LogP contribution in [0.1, 0.15) is 61.6 Å². The average Bonchev–Trinajstić information content (AvgIpc) is 3.18. The zero-order chi connectivity index (χ0) is 25.9. The molecule has 3 N–H and O–H groups in total. The van der Waals surface area contributed by atoms with Crippen molar-refractivity contribution in [2.24, 2.45) is 10.9 Å². The zero-order valence-electron chi connectivity index (χ0n) is 21.1. The van der Waals surface area contributed by atoms with Crippen LogP contribution in [0.2, 0.25) is 0 Å². The summed E-state index contributed by atoms with van der Waals surface area (Å²) in [5, 5.41) is 22.6. The Morgan fingerprint density at radius 3 is 2.44 bits per heavy atom. The predicted molar refractivity (Wildman–Crippen MR) is 138 cm³/mol. The molecule has 2 heterocycles. The minimum absolute atomic E-state index is 0.0282. The van der Waals surface area contributed by atoms with Gasteiger partial charge in [-0.1, -0.05) is 19.3 Å². The number of aliphatic imine (C=N–C) groups is 1. The molecule has 36 heavy (non-hydrogen) atoms. The molecular formula is C26H37N3O6S. The van der Waals surface area contributed by atoms with Crippen LogP contribution in [0, 0.1) is 19.8 Å². The fourth-order valence-electron chi connectivity index (χ4n) is 5.33. The number of sulfonamides is 1. The third-order valence-electron chi connectivity index (χ3n) is 7.53. The molecule has 0 radical (unpaired) electrons. The second-order valence-electron chi connectivity index (χ2n) is 10.2. The van der Waals surface area contributed by atoms with Crippen molar-refractivity contribution in [1.29, 1.82) is 0 Å². The number of aryl methyl sites for hydroxylation is 2. The summed E-state index contributed by atoms with van der Waals surface area (Å²) in [6.07, 6.45) is 7.05. The fraction of sp³-hybridized carbons (Fsp3) is 0.615. The summed E-state index contributed by atoms with van der Waals surface area (Å²) in [7, 11) is -3.67. The molecule has 1 saturated carbocycles. The van der Waals surface area contributed by atoms with E-state index in [-0.39, 0.29) is 32.2 Å². The highest BCUT2D eigenvalue weighted by atomic mass is 32.2. The molecule has 1 saturated heterocycles. The van der Waals surface area contributed by atoms with E-state index in [1.54, 1.807) is 18.2 Å². The number of amides is 1. The molecule has 1 aromatic carbocycles. The Morgan fingerprint density at radius 1 is 1.19 bits per heavy atom. The molecule has 1 atom stereocenters. The molecule has 9 nitrogen and oxygen atoms in total. The Morgan fingerprint density at radius 2 is 1.83 bits per heavy atom. The Balaban J connectivity index is 1.41. The first-order valence-corrected chi connectivity index (χ1v) is 14.3. The van der Waals surface area contributed by atoms with Gasteiger partial charge in [0.1, 0.15) is 29.8 Å². The monoisotopic (exact) mass is 519 g/mol. The first kappa shape index (κ1) is 26.8. The third-order valence-corrected chi connectivity index (χ3v) is 9.09. The fourth-order valence-corrected chi connectivity index (χ4v) is 6.50. The van der Waals surface area contributed by atoms with Crippen LogP contribution in [-0.2, 0) is 14.8 Å². The summed E-state index contributed by atoms with van der Waals surface area (Å²) < 4.78 is 33.1. The first-order chi connectivity index (χ1) is 17.1. The summed E-state index contributed by atoms with van der Waals surface area (Å²) in [4.78, 5) is 17.7. The lowest BCUT2D eigenvalue weighted by Crippen LogP contribution is -2.50. The van der Waals surface area contributed by atoms with Gasteiger partial charge in [-0.25, -0.2) is 8.42 Å². The second-order valence-corrected chi connectivity index (χ2v) is 12.0. The minimum Gasteiger partial charge on any atom is -0.491 e. The number of carbonyl (C=O) groups excluding carboxylic acids is 1. The summed E-state index contributed by atoms with van der Waals surface area (Å²) in [6, 6.07) is 3.54. The maximum absolute atomic E-state index is 13.1. The zero-order valence-corrected chi connectivity index (χ0v) is 21.9. The smallest absolute Gasteiger partial charge is 0.253 e. The number of rotatable bonds is 8. The van der Waals surface area contributed by atoms with Gasteiger partial charge in [0.2, 0.25) is 10.0 Å². The van der Waals surface area contributed by atoms with Crippen LogP contribution < -0.4 is 10.1 Å². The molecule has 2 fully saturated rings. The molecule has 198 valence electrons. The maximum atomic E-state index is 13.1. The van der Waals surface area contributed by atoms with Crippen molar-refractivity contribution in [1.82, 2.24) is 9.62 Å². The Kier molecular flexibility index (Phi) is 8.18. The van der Waals surface area contributed by atoms with Gasteiger partial charge < -0.3 is 20.3 Å². The number of ether oxygens (including phenoxy) is 1. The van der Waals surface area contributed by atoms with E-state index in [0.29, 0.717) is 24.5 Å². The van der Waals surface area contributed by atoms with Crippen molar-refractivity contribution in [3.05, 3.63) is 34.2 Å². The van der Waals surface area contributed by atoms with Crippen LogP contribution in [0.4, 0.5) is 0 Å². The van der Waals surface area contributed by atoms with E-state index < -0.39 is 21.7 Å². The Bertz CT molecular complexity index is 1110. The summed E-state index contributed by atoms with van der Waals surface area (Å²) in [5.74, 6) is 1.58. The van der Waals surface area contributed by atoms with Gasteiger partial charge in [-0.2, -0.15) is 4.31 Å². The molecule has 0 bridgehead atoms. The van der Waals surface area contributed by atoms with E-state index in [4.69, 9.17) is 14.8 Å². The van der Waals surface area contributed by atoms with Gasteiger partial charge in [-0.3, -0.25) is 9.79 Å². The molecule has 0 aromatic heterocycles. The van der Waals surface area contributed by atoms with Crippen molar-refractivity contribution < 1.29 is 28.2 Å². The topological polar surface area (TPSA) is 129 Å². The number of nitrogens with zero attached hydrogens (tertiary/aromatic N) is 2. The molecule has 3 aliphatic rings. The van der Waals surface area contributed by atoms with Gasteiger partial charge >= 0.3 is 0 Å². The number of benzene rings is 1. The Labute approximate surface area is 213 Å². The number of aliphatic hydroxyl groups is 2. The molecular weight excluding hydrogens is 482 g/mol. The summed E-state index contributed by atoms with van der Waals surface area (Å²) in [5.41, 5.74) is 1.60. The van der Waals surface area contributed by atoms with E-state index in [9.17, 15) is 18.3 Å². The highest BCUT2D eigenvalue weighted by Crippen LogP contribution is 2.35. The van der Waals surface area contributed by atoms with Gasteiger partial charge in [0.25, 0.3) is 5.91 Å². The van der Waals surface area contributed by atoms with Crippen molar-refractivity contribution in [3.8, 4) is 5.75 Å². The quantitative estimate of drug-likeness (QED) is 0.483. The van der Waals surface area contributed by atoms with Crippen molar-refractivity contribution in [2.45, 2.75) is 70.4 Å². The van der Waals surface area contributed by atoms with Crippen LogP contribution in [0.25, 0.3) is 6.08 Å². The molecule has 1 aromatic rings. The molecule has 1 spiro atoms. The van der Waals surface area contributed by atoms with E-state index >= 15 is 0 Å².